The van der Waals surface area contributed by atoms with Gasteiger partial charge in [0.05, 0.1) is 31.4 Å². The van der Waals surface area contributed by atoms with E-state index in [1.54, 1.807) is 36.4 Å². The average Bonchev–Trinajstić information content (AvgIpc) is 2.85. The predicted octanol–water partition coefficient (Wildman–Crippen LogP) is 1.93. The number of hydrogen-bond donors (Lipinski definition) is 2. The summed E-state index contributed by atoms with van der Waals surface area (Å²) >= 11 is 5.91. The number of halogens is 1. The first kappa shape index (κ1) is 19.5. The number of nitrogens with zero attached hydrogens (tertiary/aromatic N) is 1. The molecule has 146 valence electrons. The van der Waals surface area contributed by atoms with Gasteiger partial charge in [-0.15, -0.1) is 0 Å². The minimum Gasteiger partial charge on any atom is -0.496 e. The molecule has 2 aromatic rings. The third kappa shape index (κ3) is 4.34. The summed E-state index contributed by atoms with van der Waals surface area (Å²) in [6.45, 7) is -0.0363. The Hall–Kier alpha value is -3.26. The van der Waals surface area contributed by atoms with Crippen molar-refractivity contribution in [3.63, 3.8) is 0 Å². The fraction of sp³-hybridized carbons (Fsp3) is 0.211. The zero-order valence-electron chi connectivity index (χ0n) is 15.0. The zero-order chi connectivity index (χ0) is 20.1. The van der Waals surface area contributed by atoms with Crippen LogP contribution in [0, 0.1) is 0 Å². The number of carbonyl (C=O) groups excluding carboxylic acids is 3. The van der Waals surface area contributed by atoms with Crippen LogP contribution in [0.4, 0.5) is 5.69 Å². The van der Waals surface area contributed by atoms with E-state index in [-0.39, 0.29) is 31.0 Å². The molecule has 9 heteroatoms. The molecule has 2 N–H and O–H groups in total. The van der Waals surface area contributed by atoms with Crippen LogP contribution in [0.2, 0.25) is 5.02 Å². The van der Waals surface area contributed by atoms with Crippen LogP contribution in [0.5, 0.6) is 11.5 Å². The standard InChI is InChI=1S/C19H18ClN3O5/c1-27-15-7-6-12(20)10-13(15)19(26)22-21-17(24)11-23-14-4-2-3-5-16(14)28-9-8-18(23)25/h2-7,10H,8-9,11H2,1H3,(H,21,24)(H,22,26). The van der Waals surface area contributed by atoms with Crippen LogP contribution >= 0.6 is 11.6 Å². The van der Waals surface area contributed by atoms with Gasteiger partial charge in [0.25, 0.3) is 11.8 Å². The van der Waals surface area contributed by atoms with E-state index in [1.165, 1.54) is 18.1 Å². The molecule has 1 aliphatic heterocycles. The van der Waals surface area contributed by atoms with Crippen LogP contribution in [-0.4, -0.2) is 38.0 Å². The Bertz CT molecular complexity index is 918. The van der Waals surface area contributed by atoms with E-state index in [4.69, 9.17) is 21.1 Å². The summed E-state index contributed by atoms with van der Waals surface area (Å²) in [5, 5.41) is 0.351. The minimum atomic E-state index is -0.598. The van der Waals surface area contributed by atoms with Gasteiger partial charge in [0.15, 0.2) is 0 Å². The van der Waals surface area contributed by atoms with Crippen molar-refractivity contribution in [1.29, 1.82) is 0 Å². The Balaban J connectivity index is 1.67. The van der Waals surface area contributed by atoms with Gasteiger partial charge in [-0.05, 0) is 30.3 Å². The summed E-state index contributed by atoms with van der Waals surface area (Å²) in [4.78, 5) is 38.3. The van der Waals surface area contributed by atoms with Crippen LogP contribution < -0.4 is 25.2 Å². The fourth-order valence-corrected chi connectivity index (χ4v) is 2.90. The first-order chi connectivity index (χ1) is 13.5. The Morgan fingerprint density at radius 1 is 1.21 bits per heavy atom. The molecule has 3 rings (SSSR count). The highest BCUT2D eigenvalue weighted by Gasteiger charge is 2.25. The average molecular weight is 404 g/mol. The van der Waals surface area contributed by atoms with Gasteiger partial charge in [-0.3, -0.25) is 30.1 Å². The third-order valence-electron chi connectivity index (χ3n) is 4.05. The number of methoxy groups -OCH3 is 1. The summed E-state index contributed by atoms with van der Waals surface area (Å²) in [7, 11) is 1.42. The Morgan fingerprint density at radius 3 is 2.79 bits per heavy atom. The number of para-hydroxylation sites is 2. The molecular weight excluding hydrogens is 386 g/mol. The molecule has 1 aliphatic rings. The van der Waals surface area contributed by atoms with Gasteiger partial charge in [0.2, 0.25) is 5.91 Å². The van der Waals surface area contributed by atoms with Gasteiger partial charge in [-0.1, -0.05) is 23.7 Å². The number of amides is 3. The first-order valence-electron chi connectivity index (χ1n) is 8.44. The van der Waals surface area contributed by atoms with Gasteiger partial charge in [0.1, 0.15) is 18.0 Å². The van der Waals surface area contributed by atoms with Crippen LogP contribution in [-0.2, 0) is 9.59 Å². The van der Waals surface area contributed by atoms with Crippen molar-refractivity contribution in [2.45, 2.75) is 6.42 Å². The van der Waals surface area contributed by atoms with E-state index in [0.717, 1.165) is 0 Å². The molecule has 0 spiro atoms. The van der Waals surface area contributed by atoms with Crippen molar-refractivity contribution >= 4 is 35.0 Å². The quantitative estimate of drug-likeness (QED) is 0.760. The Labute approximate surface area is 166 Å². The summed E-state index contributed by atoms with van der Waals surface area (Å²) in [5.74, 6) is -0.584. The normalized spacial score (nSPS) is 13.1. The van der Waals surface area contributed by atoms with Crippen molar-refractivity contribution in [2.75, 3.05) is 25.2 Å². The molecule has 0 aliphatic carbocycles. The molecule has 0 bridgehead atoms. The Morgan fingerprint density at radius 2 is 2.00 bits per heavy atom. The lowest BCUT2D eigenvalue weighted by atomic mass is 10.2. The lowest BCUT2D eigenvalue weighted by Gasteiger charge is -2.21. The van der Waals surface area contributed by atoms with Crippen molar-refractivity contribution in [2.24, 2.45) is 0 Å². The molecular formula is C19H18ClN3O5. The summed E-state index contributed by atoms with van der Waals surface area (Å²) in [5.41, 5.74) is 5.27. The number of hydrazine groups is 1. The molecule has 0 unspecified atom stereocenters. The summed E-state index contributed by atoms with van der Waals surface area (Å²) < 4.78 is 10.7. The first-order valence-corrected chi connectivity index (χ1v) is 8.82. The van der Waals surface area contributed by atoms with Crippen molar-refractivity contribution in [1.82, 2.24) is 10.9 Å². The van der Waals surface area contributed by atoms with Gasteiger partial charge in [0, 0.05) is 5.02 Å². The highest BCUT2D eigenvalue weighted by atomic mass is 35.5. The predicted molar refractivity (Wildman–Crippen MR) is 103 cm³/mol. The maximum Gasteiger partial charge on any atom is 0.273 e. The van der Waals surface area contributed by atoms with Crippen LogP contribution in [0.15, 0.2) is 42.5 Å². The second-order valence-corrected chi connectivity index (χ2v) is 6.33. The van der Waals surface area contributed by atoms with E-state index in [9.17, 15) is 14.4 Å². The highest BCUT2D eigenvalue weighted by Crippen LogP contribution is 2.30. The van der Waals surface area contributed by atoms with E-state index < -0.39 is 11.8 Å². The smallest absolute Gasteiger partial charge is 0.273 e. The number of nitrogens with one attached hydrogen (secondary N) is 2. The van der Waals surface area contributed by atoms with Gasteiger partial charge in [-0.25, -0.2) is 0 Å². The van der Waals surface area contributed by atoms with E-state index in [0.29, 0.717) is 22.2 Å². The van der Waals surface area contributed by atoms with E-state index in [1.807, 2.05) is 0 Å². The van der Waals surface area contributed by atoms with Crippen molar-refractivity contribution in [3.8, 4) is 11.5 Å². The number of benzene rings is 2. The Kier molecular flexibility index (Phi) is 6.00. The molecule has 0 saturated carbocycles. The highest BCUT2D eigenvalue weighted by molar-refractivity contribution is 6.31. The molecule has 0 saturated heterocycles. The number of anilines is 1. The van der Waals surface area contributed by atoms with Gasteiger partial charge < -0.3 is 9.47 Å². The second-order valence-electron chi connectivity index (χ2n) is 5.89. The third-order valence-corrected chi connectivity index (χ3v) is 4.29. The van der Waals surface area contributed by atoms with Crippen LogP contribution in [0.25, 0.3) is 0 Å². The van der Waals surface area contributed by atoms with Gasteiger partial charge in [-0.2, -0.15) is 0 Å². The number of rotatable bonds is 4. The van der Waals surface area contributed by atoms with E-state index >= 15 is 0 Å². The topological polar surface area (TPSA) is 97.0 Å². The number of fused-ring (bicyclic) bond motifs is 1. The largest absolute Gasteiger partial charge is 0.496 e. The number of carbonyl (C=O) groups is 3. The fourth-order valence-electron chi connectivity index (χ4n) is 2.73. The van der Waals surface area contributed by atoms with Crippen molar-refractivity contribution < 1.29 is 23.9 Å². The summed E-state index contributed by atoms with van der Waals surface area (Å²) in [6, 6.07) is 11.5. The second kappa shape index (κ2) is 8.62. The van der Waals surface area contributed by atoms with E-state index in [2.05, 4.69) is 10.9 Å². The molecule has 0 radical (unpaired) electrons. The molecule has 0 atom stereocenters. The molecule has 3 amide bonds. The summed E-state index contributed by atoms with van der Waals surface area (Å²) in [6.07, 6.45) is 0.147. The zero-order valence-corrected chi connectivity index (χ0v) is 15.8. The maximum absolute atomic E-state index is 12.3. The van der Waals surface area contributed by atoms with Gasteiger partial charge >= 0.3 is 0 Å². The molecule has 28 heavy (non-hydrogen) atoms. The monoisotopic (exact) mass is 403 g/mol. The molecule has 0 aromatic heterocycles. The lowest BCUT2D eigenvalue weighted by Crippen LogP contribution is -2.47. The SMILES string of the molecule is COc1ccc(Cl)cc1C(=O)NNC(=O)CN1C(=O)CCOc2ccccc21. The number of hydrogen-bond acceptors (Lipinski definition) is 5. The van der Waals surface area contributed by atoms with Crippen molar-refractivity contribution in [3.05, 3.63) is 53.1 Å². The maximum atomic E-state index is 12.3. The van der Waals surface area contributed by atoms with Crippen LogP contribution in [0.3, 0.4) is 0 Å². The molecule has 2 aromatic carbocycles. The molecule has 8 nitrogen and oxygen atoms in total. The molecule has 0 fully saturated rings. The lowest BCUT2D eigenvalue weighted by molar-refractivity contribution is -0.124. The van der Waals surface area contributed by atoms with Crippen LogP contribution in [0.1, 0.15) is 16.8 Å². The molecule has 1 heterocycles. The number of ether oxygens (including phenoxy) is 2. The minimum absolute atomic E-state index is 0.147.